The Morgan fingerprint density at radius 3 is 3.00 bits per heavy atom. The summed E-state index contributed by atoms with van der Waals surface area (Å²) in [5, 5.41) is 11.6. The van der Waals surface area contributed by atoms with Gasteiger partial charge in [0.2, 0.25) is 5.91 Å². The molecule has 1 unspecified atom stereocenters. The van der Waals surface area contributed by atoms with Gasteiger partial charge in [-0.05, 0) is 19.8 Å². The molecule has 0 bridgehead atoms. The van der Waals surface area contributed by atoms with Crippen LogP contribution in [-0.4, -0.2) is 39.5 Å². The largest absolute Gasteiger partial charge is 0.481 e. The molecule has 0 radical (unpaired) electrons. The predicted molar refractivity (Wildman–Crippen MR) is 67.5 cm³/mol. The van der Waals surface area contributed by atoms with Crippen molar-refractivity contribution >= 4 is 23.2 Å². The number of carboxylic acids is 1. The van der Waals surface area contributed by atoms with Crippen LogP contribution < -0.4 is 0 Å². The van der Waals surface area contributed by atoms with Gasteiger partial charge in [0.25, 0.3) is 0 Å². The number of aromatic nitrogens is 1. The first-order valence-corrected chi connectivity index (χ1v) is 6.86. The topological polar surface area (TPSA) is 70.5 Å². The summed E-state index contributed by atoms with van der Waals surface area (Å²) in [6.45, 7) is 2.57. The van der Waals surface area contributed by atoms with E-state index in [1.807, 2.05) is 12.3 Å². The minimum absolute atomic E-state index is 0.0101. The summed E-state index contributed by atoms with van der Waals surface area (Å²) < 4.78 is 0. The van der Waals surface area contributed by atoms with Crippen molar-refractivity contribution in [1.82, 2.24) is 9.88 Å². The number of amides is 1. The van der Waals surface area contributed by atoms with E-state index in [1.165, 1.54) is 11.3 Å². The quantitative estimate of drug-likeness (QED) is 0.897. The van der Waals surface area contributed by atoms with Crippen LogP contribution in [-0.2, 0) is 16.0 Å². The van der Waals surface area contributed by atoms with E-state index in [1.54, 1.807) is 4.90 Å². The Bertz CT molecular complexity index is 458. The predicted octanol–water partition coefficient (Wildman–Crippen LogP) is 1.46. The highest BCUT2D eigenvalue weighted by atomic mass is 32.1. The molecule has 1 aromatic rings. The van der Waals surface area contributed by atoms with Crippen molar-refractivity contribution in [2.24, 2.45) is 0 Å². The van der Waals surface area contributed by atoms with E-state index in [0.29, 0.717) is 6.54 Å². The fraction of sp³-hybridized carbons (Fsp3) is 0.583. The standard InChI is InChI=1S/C12H16N2O3S/c1-8-13-9(7-18-8)5-11(15)14-4-2-3-10(14)6-12(16)17/h7,10H,2-6H2,1H3,(H,16,17). The Balaban J connectivity index is 1.97. The summed E-state index contributed by atoms with van der Waals surface area (Å²) in [7, 11) is 0. The number of carbonyl (C=O) groups is 2. The van der Waals surface area contributed by atoms with Crippen molar-refractivity contribution in [2.75, 3.05) is 6.54 Å². The summed E-state index contributed by atoms with van der Waals surface area (Å²) in [5.74, 6) is -0.853. The molecule has 0 aromatic carbocycles. The molecule has 1 atom stereocenters. The van der Waals surface area contributed by atoms with Crippen LogP contribution in [0.4, 0.5) is 0 Å². The van der Waals surface area contributed by atoms with Gasteiger partial charge < -0.3 is 10.0 Å². The molecular formula is C12H16N2O3S. The SMILES string of the molecule is Cc1nc(CC(=O)N2CCCC2CC(=O)O)cs1. The maximum Gasteiger partial charge on any atom is 0.305 e. The molecule has 1 amide bonds. The first kappa shape index (κ1) is 13.0. The molecule has 6 heteroatoms. The second kappa shape index (κ2) is 5.48. The summed E-state index contributed by atoms with van der Waals surface area (Å²) in [6, 6.07) is -0.144. The van der Waals surface area contributed by atoms with Gasteiger partial charge in [-0.25, -0.2) is 4.98 Å². The van der Waals surface area contributed by atoms with Gasteiger partial charge in [0.05, 0.1) is 23.5 Å². The van der Waals surface area contributed by atoms with Crippen LogP contribution in [0.2, 0.25) is 0 Å². The molecule has 0 spiro atoms. The molecule has 1 N–H and O–H groups in total. The van der Waals surface area contributed by atoms with Crippen molar-refractivity contribution in [2.45, 2.75) is 38.6 Å². The van der Waals surface area contributed by atoms with Gasteiger partial charge in [-0.2, -0.15) is 0 Å². The highest BCUT2D eigenvalue weighted by Crippen LogP contribution is 2.21. The van der Waals surface area contributed by atoms with Crippen molar-refractivity contribution in [3.8, 4) is 0 Å². The zero-order valence-electron chi connectivity index (χ0n) is 10.3. The van der Waals surface area contributed by atoms with Crippen LogP contribution in [0.25, 0.3) is 0 Å². The van der Waals surface area contributed by atoms with Gasteiger partial charge in [0.1, 0.15) is 0 Å². The molecule has 1 aromatic heterocycles. The number of thiazole rings is 1. The van der Waals surface area contributed by atoms with Gasteiger partial charge in [0.15, 0.2) is 0 Å². The van der Waals surface area contributed by atoms with Gasteiger partial charge in [-0.15, -0.1) is 11.3 Å². The van der Waals surface area contributed by atoms with Crippen molar-refractivity contribution in [3.05, 3.63) is 16.1 Å². The molecule has 1 saturated heterocycles. The summed E-state index contributed by atoms with van der Waals surface area (Å²) in [5.41, 5.74) is 0.781. The van der Waals surface area contributed by atoms with Crippen LogP contribution >= 0.6 is 11.3 Å². The lowest BCUT2D eigenvalue weighted by Crippen LogP contribution is -2.37. The highest BCUT2D eigenvalue weighted by Gasteiger charge is 2.30. The molecule has 1 aliphatic rings. The molecule has 0 saturated carbocycles. The molecule has 5 nitrogen and oxygen atoms in total. The zero-order chi connectivity index (χ0) is 13.1. The van der Waals surface area contributed by atoms with Crippen molar-refractivity contribution in [3.63, 3.8) is 0 Å². The highest BCUT2D eigenvalue weighted by molar-refractivity contribution is 7.09. The molecular weight excluding hydrogens is 252 g/mol. The lowest BCUT2D eigenvalue weighted by molar-refractivity contribution is -0.139. The number of hydrogen-bond acceptors (Lipinski definition) is 4. The smallest absolute Gasteiger partial charge is 0.305 e. The van der Waals surface area contributed by atoms with Crippen LogP contribution in [0.1, 0.15) is 30.0 Å². The number of likely N-dealkylation sites (tertiary alicyclic amines) is 1. The number of aryl methyl sites for hydroxylation is 1. The first-order chi connectivity index (χ1) is 8.56. The molecule has 2 rings (SSSR count). The second-order valence-electron chi connectivity index (χ2n) is 4.52. The number of nitrogens with zero attached hydrogens (tertiary/aromatic N) is 2. The molecule has 18 heavy (non-hydrogen) atoms. The Labute approximate surface area is 109 Å². The fourth-order valence-corrected chi connectivity index (χ4v) is 2.94. The zero-order valence-corrected chi connectivity index (χ0v) is 11.1. The summed E-state index contributed by atoms with van der Waals surface area (Å²) >= 11 is 1.52. The number of hydrogen-bond donors (Lipinski definition) is 1. The third-order valence-electron chi connectivity index (χ3n) is 3.11. The Hall–Kier alpha value is -1.43. The normalized spacial score (nSPS) is 19.2. The lowest BCUT2D eigenvalue weighted by atomic mass is 10.1. The summed E-state index contributed by atoms with van der Waals surface area (Å²) in [6.07, 6.45) is 2.00. The van der Waals surface area contributed by atoms with Gasteiger partial charge >= 0.3 is 5.97 Å². The average Bonchev–Trinajstić information content (AvgIpc) is 2.87. The minimum Gasteiger partial charge on any atom is -0.481 e. The third kappa shape index (κ3) is 3.07. The third-order valence-corrected chi connectivity index (χ3v) is 3.93. The minimum atomic E-state index is -0.843. The molecule has 1 fully saturated rings. The van der Waals surface area contributed by atoms with Crippen LogP contribution in [0.15, 0.2) is 5.38 Å². The molecule has 1 aliphatic heterocycles. The molecule has 98 valence electrons. The van der Waals surface area contributed by atoms with Crippen LogP contribution in [0.3, 0.4) is 0 Å². The van der Waals surface area contributed by atoms with E-state index >= 15 is 0 Å². The van der Waals surface area contributed by atoms with E-state index in [9.17, 15) is 9.59 Å². The van der Waals surface area contributed by atoms with E-state index in [2.05, 4.69) is 4.98 Å². The van der Waals surface area contributed by atoms with Gasteiger partial charge in [0, 0.05) is 18.0 Å². The Morgan fingerprint density at radius 2 is 2.39 bits per heavy atom. The average molecular weight is 268 g/mol. The number of carbonyl (C=O) groups excluding carboxylic acids is 1. The van der Waals surface area contributed by atoms with Crippen LogP contribution in [0, 0.1) is 6.92 Å². The fourth-order valence-electron chi connectivity index (χ4n) is 2.32. The van der Waals surface area contributed by atoms with Crippen molar-refractivity contribution in [1.29, 1.82) is 0 Å². The maximum atomic E-state index is 12.1. The first-order valence-electron chi connectivity index (χ1n) is 5.98. The van der Waals surface area contributed by atoms with E-state index < -0.39 is 5.97 Å². The second-order valence-corrected chi connectivity index (χ2v) is 5.58. The van der Waals surface area contributed by atoms with E-state index in [4.69, 9.17) is 5.11 Å². The number of rotatable bonds is 4. The van der Waals surface area contributed by atoms with E-state index in [-0.39, 0.29) is 24.8 Å². The number of aliphatic carboxylic acids is 1. The monoisotopic (exact) mass is 268 g/mol. The maximum absolute atomic E-state index is 12.1. The molecule has 2 heterocycles. The van der Waals surface area contributed by atoms with Gasteiger partial charge in [-0.1, -0.05) is 0 Å². The Morgan fingerprint density at radius 1 is 1.61 bits per heavy atom. The van der Waals surface area contributed by atoms with E-state index in [0.717, 1.165) is 23.5 Å². The Kier molecular flexibility index (Phi) is 3.96. The summed E-state index contributed by atoms with van der Waals surface area (Å²) in [4.78, 5) is 28.8. The van der Waals surface area contributed by atoms with Gasteiger partial charge in [-0.3, -0.25) is 9.59 Å². The number of carboxylic acid groups (broad SMARTS) is 1. The van der Waals surface area contributed by atoms with Crippen LogP contribution in [0.5, 0.6) is 0 Å². The van der Waals surface area contributed by atoms with Crippen molar-refractivity contribution < 1.29 is 14.7 Å². The lowest BCUT2D eigenvalue weighted by Gasteiger charge is -2.23. The molecule has 0 aliphatic carbocycles.